The molecule has 8 nitrogen and oxygen atoms in total. The Labute approximate surface area is 216 Å². The van der Waals surface area contributed by atoms with Crippen LogP contribution in [0.15, 0.2) is 47.7 Å². The van der Waals surface area contributed by atoms with Crippen LogP contribution in [0.1, 0.15) is 52.1 Å². The summed E-state index contributed by atoms with van der Waals surface area (Å²) in [5, 5.41) is 16.3. The molecule has 3 N–H and O–H groups in total. The van der Waals surface area contributed by atoms with Gasteiger partial charge in [0.1, 0.15) is 17.1 Å². The molecule has 2 rings (SSSR count). The van der Waals surface area contributed by atoms with Gasteiger partial charge in [0.15, 0.2) is 5.82 Å². The second kappa shape index (κ2) is 12.3. The van der Waals surface area contributed by atoms with Gasteiger partial charge in [-0.2, -0.15) is 41.3 Å². The molecule has 2 unspecified atom stereocenters. The molecule has 14 heteroatoms. The van der Waals surface area contributed by atoms with Crippen LogP contribution in [0.3, 0.4) is 0 Å². The molecular formula is C24H29F6N7O. The van der Waals surface area contributed by atoms with Crippen LogP contribution in [0.4, 0.5) is 43.9 Å². The number of pyridine rings is 1. The Bertz CT molecular complexity index is 1180. The molecule has 0 saturated heterocycles. The molecule has 0 aliphatic carbocycles. The van der Waals surface area contributed by atoms with Crippen LogP contribution in [-0.2, 0) is 6.18 Å². The quantitative estimate of drug-likeness (QED) is 0.232. The number of aromatic nitrogens is 4. The third-order valence-corrected chi connectivity index (χ3v) is 5.47. The highest BCUT2D eigenvalue weighted by Crippen LogP contribution is 2.30. The number of hydrogen-bond acceptors (Lipinski definition) is 8. The molecule has 0 aliphatic rings. The van der Waals surface area contributed by atoms with Gasteiger partial charge in [-0.3, -0.25) is 4.98 Å². The van der Waals surface area contributed by atoms with Crippen molar-refractivity contribution < 1.29 is 31.4 Å². The summed E-state index contributed by atoms with van der Waals surface area (Å²) in [6.07, 6.45) is -4.42. The highest BCUT2D eigenvalue weighted by molar-refractivity contribution is 6.06. The Hall–Kier alpha value is -3.55. The molecule has 2 atom stereocenters. The molecule has 208 valence electrons. The fourth-order valence-electron chi connectivity index (χ4n) is 3.12. The predicted molar refractivity (Wildman–Crippen MR) is 132 cm³/mol. The van der Waals surface area contributed by atoms with Gasteiger partial charge < -0.3 is 15.7 Å². The van der Waals surface area contributed by atoms with E-state index in [1.807, 2.05) is 13.8 Å². The maximum atomic E-state index is 13.1. The van der Waals surface area contributed by atoms with E-state index >= 15 is 0 Å². The first-order valence-electron chi connectivity index (χ1n) is 11.6. The number of allylic oxidation sites excluding steroid dienone is 3. The first kappa shape index (κ1) is 30.7. The summed E-state index contributed by atoms with van der Waals surface area (Å²) in [6, 6.07) is 1.95. The van der Waals surface area contributed by atoms with Gasteiger partial charge >= 0.3 is 12.4 Å². The lowest BCUT2D eigenvalue weighted by molar-refractivity contribution is -0.141. The minimum absolute atomic E-state index is 0.0319. The Balaban J connectivity index is 2.55. The summed E-state index contributed by atoms with van der Waals surface area (Å²) < 4.78 is 78.6. The SMILES string of the molecule is C=C(/N=C(\C=C/C)c1nc(NCC(C)(O)C(C)CCC)nc(Nc2ccnc(C(F)(F)F)c2)n1)C(F)(F)F. The number of aliphatic hydroxyl groups is 1. The van der Waals surface area contributed by atoms with Crippen molar-refractivity contribution in [2.45, 2.75) is 58.5 Å². The van der Waals surface area contributed by atoms with E-state index in [0.29, 0.717) is 0 Å². The summed E-state index contributed by atoms with van der Waals surface area (Å²) in [5.74, 6) is -0.874. The van der Waals surface area contributed by atoms with Gasteiger partial charge in [-0.05, 0) is 44.4 Å². The van der Waals surface area contributed by atoms with Crippen molar-refractivity contribution in [1.82, 2.24) is 19.9 Å². The Morgan fingerprint density at radius 3 is 2.39 bits per heavy atom. The molecule has 0 spiro atoms. The largest absolute Gasteiger partial charge is 0.433 e. The van der Waals surface area contributed by atoms with Gasteiger partial charge in [0, 0.05) is 18.4 Å². The Morgan fingerprint density at radius 2 is 1.82 bits per heavy atom. The van der Waals surface area contributed by atoms with E-state index in [2.05, 4.69) is 42.1 Å². The van der Waals surface area contributed by atoms with Crippen LogP contribution < -0.4 is 10.6 Å². The van der Waals surface area contributed by atoms with Gasteiger partial charge in [-0.25, -0.2) is 4.99 Å². The van der Waals surface area contributed by atoms with Crippen molar-refractivity contribution >= 4 is 23.3 Å². The lowest BCUT2D eigenvalue weighted by Gasteiger charge is -2.30. The number of rotatable bonds is 11. The zero-order chi connectivity index (χ0) is 28.7. The third kappa shape index (κ3) is 8.78. The van der Waals surface area contributed by atoms with Crippen molar-refractivity contribution in [3.8, 4) is 0 Å². The van der Waals surface area contributed by atoms with E-state index in [1.54, 1.807) is 6.92 Å². The maximum Gasteiger partial charge on any atom is 0.433 e. The second-order valence-electron chi connectivity index (χ2n) is 8.70. The van der Waals surface area contributed by atoms with E-state index in [4.69, 9.17) is 0 Å². The summed E-state index contributed by atoms with van der Waals surface area (Å²) in [4.78, 5) is 19.1. The van der Waals surface area contributed by atoms with Gasteiger partial charge in [0.05, 0.1) is 5.60 Å². The van der Waals surface area contributed by atoms with E-state index in [9.17, 15) is 31.4 Å². The molecule has 2 aromatic rings. The van der Waals surface area contributed by atoms with Crippen molar-refractivity contribution in [3.63, 3.8) is 0 Å². The first-order chi connectivity index (χ1) is 17.6. The molecule has 0 aliphatic heterocycles. The minimum Gasteiger partial charge on any atom is -0.388 e. The monoisotopic (exact) mass is 545 g/mol. The second-order valence-corrected chi connectivity index (χ2v) is 8.70. The minimum atomic E-state index is -4.82. The molecule has 0 aromatic carbocycles. The molecule has 0 amide bonds. The van der Waals surface area contributed by atoms with Gasteiger partial charge in [-0.15, -0.1) is 0 Å². The fraction of sp³-hybridized carbons (Fsp3) is 0.458. The van der Waals surface area contributed by atoms with Crippen LogP contribution in [0.25, 0.3) is 0 Å². The topological polar surface area (TPSA) is 108 Å². The Morgan fingerprint density at radius 1 is 1.16 bits per heavy atom. The number of anilines is 3. The standard InChI is InChI=1S/C24H29F6N7O/c1-6-8-14(3)22(5,38)13-32-20-35-19(17(9-7-2)33-15(4)23(25,26)27)36-21(37-20)34-16-10-11-31-18(12-16)24(28,29)30/h7,9-12,14,38H,4,6,8,13H2,1-3,5H3,(H2,31,32,34,35,36,37)/b9-7-,33-17+. The average molecular weight is 546 g/mol. The van der Waals surface area contributed by atoms with Gasteiger partial charge in [0.25, 0.3) is 0 Å². The van der Waals surface area contributed by atoms with Crippen molar-refractivity contribution in [1.29, 1.82) is 0 Å². The Kier molecular flexibility index (Phi) is 9.95. The van der Waals surface area contributed by atoms with Crippen LogP contribution in [0, 0.1) is 5.92 Å². The highest BCUT2D eigenvalue weighted by atomic mass is 19.4. The number of nitrogens with one attached hydrogen (secondary N) is 2. The van der Waals surface area contributed by atoms with E-state index in [0.717, 1.165) is 25.1 Å². The lowest BCUT2D eigenvalue weighted by atomic mass is 9.87. The summed E-state index contributed by atoms with van der Waals surface area (Å²) in [6.45, 7) is 9.87. The van der Waals surface area contributed by atoms with Crippen molar-refractivity contribution in [3.05, 3.63) is 54.3 Å². The van der Waals surface area contributed by atoms with Crippen LogP contribution >= 0.6 is 0 Å². The normalized spacial score (nSPS) is 15.3. The lowest BCUT2D eigenvalue weighted by Crippen LogP contribution is -2.40. The average Bonchev–Trinajstić information content (AvgIpc) is 2.81. The van der Waals surface area contributed by atoms with E-state index in [1.165, 1.54) is 25.1 Å². The van der Waals surface area contributed by atoms with Crippen molar-refractivity contribution in [2.75, 3.05) is 17.2 Å². The summed E-state index contributed by atoms with van der Waals surface area (Å²) >= 11 is 0. The molecule has 2 heterocycles. The van der Waals surface area contributed by atoms with Gasteiger partial charge in [0.2, 0.25) is 11.9 Å². The zero-order valence-corrected chi connectivity index (χ0v) is 21.2. The van der Waals surface area contributed by atoms with E-state index < -0.39 is 29.3 Å². The molecule has 38 heavy (non-hydrogen) atoms. The maximum absolute atomic E-state index is 13.1. The van der Waals surface area contributed by atoms with Crippen molar-refractivity contribution in [2.24, 2.45) is 10.9 Å². The molecular weight excluding hydrogens is 516 g/mol. The van der Waals surface area contributed by atoms with Gasteiger partial charge in [-0.1, -0.05) is 32.9 Å². The number of hydrogen-bond donors (Lipinski definition) is 3. The summed E-state index contributed by atoms with van der Waals surface area (Å²) in [7, 11) is 0. The highest BCUT2D eigenvalue weighted by Gasteiger charge is 2.34. The zero-order valence-electron chi connectivity index (χ0n) is 21.2. The first-order valence-corrected chi connectivity index (χ1v) is 11.6. The number of halogens is 6. The molecule has 2 aromatic heterocycles. The number of alkyl halides is 6. The van der Waals surface area contributed by atoms with Crippen LogP contribution in [0.5, 0.6) is 0 Å². The third-order valence-electron chi connectivity index (χ3n) is 5.47. The number of nitrogens with zero attached hydrogens (tertiary/aromatic N) is 5. The molecule has 0 bridgehead atoms. The molecule has 0 radical (unpaired) electrons. The predicted octanol–water partition coefficient (Wildman–Crippen LogP) is 6.07. The molecule has 0 fully saturated rings. The summed E-state index contributed by atoms with van der Waals surface area (Å²) in [5.41, 5.74) is -4.18. The molecule has 0 saturated carbocycles. The van der Waals surface area contributed by atoms with E-state index in [-0.39, 0.29) is 41.6 Å². The smallest absolute Gasteiger partial charge is 0.388 e. The number of aliphatic imine (C=N–C) groups is 1. The van der Waals surface area contributed by atoms with Crippen LogP contribution in [0.2, 0.25) is 0 Å². The fourth-order valence-corrected chi connectivity index (χ4v) is 3.12. The van der Waals surface area contributed by atoms with Crippen LogP contribution in [-0.4, -0.2) is 49.1 Å².